The van der Waals surface area contributed by atoms with Crippen LogP contribution in [0.25, 0.3) is 0 Å². The number of aromatic nitrogens is 1. The Balaban J connectivity index is 1.78. The summed E-state index contributed by atoms with van der Waals surface area (Å²) in [7, 11) is 0. The van der Waals surface area contributed by atoms with Gasteiger partial charge in [-0.3, -0.25) is 4.98 Å². The van der Waals surface area contributed by atoms with Gasteiger partial charge in [0.1, 0.15) is 11.9 Å². The van der Waals surface area contributed by atoms with Crippen LogP contribution in [0.5, 0.6) is 5.75 Å². The maximum absolute atomic E-state index is 6.17. The highest BCUT2D eigenvalue weighted by molar-refractivity contribution is 5.32. The number of ether oxygens (including phenoxy) is 1. The molecule has 0 aliphatic carbocycles. The van der Waals surface area contributed by atoms with Crippen LogP contribution in [0.1, 0.15) is 18.5 Å². The van der Waals surface area contributed by atoms with Crippen molar-refractivity contribution in [2.75, 3.05) is 19.6 Å². The fraction of sp³-hybridized carbons (Fsp3) is 0.615. The zero-order valence-electron chi connectivity index (χ0n) is 9.35. The quantitative estimate of drug-likeness (QED) is 0.657. The lowest BCUT2D eigenvalue weighted by Gasteiger charge is -2.44. The van der Waals surface area contributed by atoms with Gasteiger partial charge in [-0.2, -0.15) is 0 Å². The first-order valence-electron chi connectivity index (χ1n) is 6.19. The Hall–Kier alpha value is -1.09. The minimum atomic E-state index is 0.375. The number of hydrogen-bond donors (Lipinski definition) is 0. The molecule has 3 nitrogen and oxygen atoms in total. The summed E-state index contributed by atoms with van der Waals surface area (Å²) in [6.45, 7) is 3.68. The third-order valence-corrected chi connectivity index (χ3v) is 4.49. The Morgan fingerprint density at radius 3 is 3.44 bits per heavy atom. The summed E-state index contributed by atoms with van der Waals surface area (Å²) in [6.07, 6.45) is 5.91. The van der Waals surface area contributed by atoms with Gasteiger partial charge in [0.25, 0.3) is 0 Å². The van der Waals surface area contributed by atoms with E-state index in [1.807, 2.05) is 12.3 Å². The molecule has 1 unspecified atom stereocenters. The molecule has 1 aromatic rings. The minimum Gasteiger partial charge on any atom is -0.488 e. The number of rotatable bonds is 0. The van der Waals surface area contributed by atoms with E-state index in [9.17, 15) is 0 Å². The van der Waals surface area contributed by atoms with E-state index in [1.165, 1.54) is 38.2 Å². The SMILES string of the molecule is c1cnc2c(c1)O[C@H]1CCN3CC[C@@]1(C2)C3. The molecule has 2 bridgehead atoms. The molecule has 0 saturated carbocycles. The number of pyridine rings is 1. The van der Waals surface area contributed by atoms with Gasteiger partial charge in [0.05, 0.1) is 5.69 Å². The summed E-state index contributed by atoms with van der Waals surface area (Å²) in [6, 6.07) is 4.04. The van der Waals surface area contributed by atoms with E-state index in [1.54, 1.807) is 0 Å². The predicted octanol–water partition coefficient (Wildman–Crippen LogP) is 1.48. The number of nitrogens with zero attached hydrogens (tertiary/aromatic N) is 2. The highest BCUT2D eigenvalue weighted by Crippen LogP contribution is 2.47. The van der Waals surface area contributed by atoms with Gasteiger partial charge in [0, 0.05) is 31.1 Å². The van der Waals surface area contributed by atoms with Gasteiger partial charge in [-0.1, -0.05) is 0 Å². The second-order valence-electron chi connectivity index (χ2n) is 5.41. The molecule has 0 N–H and O–H groups in total. The second-order valence-corrected chi connectivity index (χ2v) is 5.41. The number of hydrogen-bond acceptors (Lipinski definition) is 3. The summed E-state index contributed by atoms with van der Waals surface area (Å²) in [4.78, 5) is 7.06. The van der Waals surface area contributed by atoms with Crippen molar-refractivity contribution in [2.45, 2.75) is 25.4 Å². The lowest BCUT2D eigenvalue weighted by molar-refractivity contribution is -0.00192. The van der Waals surface area contributed by atoms with Crippen molar-refractivity contribution in [3.8, 4) is 5.75 Å². The van der Waals surface area contributed by atoms with E-state index < -0.39 is 0 Å². The smallest absolute Gasteiger partial charge is 0.141 e. The topological polar surface area (TPSA) is 25.4 Å². The van der Waals surface area contributed by atoms with Crippen LogP contribution in [-0.4, -0.2) is 35.6 Å². The molecular weight excluding hydrogens is 200 g/mol. The fourth-order valence-corrected chi connectivity index (χ4v) is 3.64. The van der Waals surface area contributed by atoms with Gasteiger partial charge in [0.15, 0.2) is 0 Å². The number of fused-ring (bicyclic) bond motifs is 2. The molecule has 1 spiro atoms. The molecule has 1 aromatic heterocycles. The first-order chi connectivity index (χ1) is 7.86. The Morgan fingerprint density at radius 1 is 1.44 bits per heavy atom. The van der Waals surface area contributed by atoms with Gasteiger partial charge in [-0.15, -0.1) is 0 Å². The monoisotopic (exact) mass is 216 g/mol. The minimum absolute atomic E-state index is 0.375. The van der Waals surface area contributed by atoms with Crippen LogP contribution >= 0.6 is 0 Å². The highest BCUT2D eigenvalue weighted by Gasteiger charge is 2.51. The van der Waals surface area contributed by atoms with Gasteiger partial charge in [-0.05, 0) is 31.5 Å². The van der Waals surface area contributed by atoms with E-state index in [0.29, 0.717) is 11.5 Å². The van der Waals surface area contributed by atoms with Gasteiger partial charge >= 0.3 is 0 Å². The summed E-state index contributed by atoms with van der Waals surface area (Å²) in [5.41, 5.74) is 1.54. The van der Waals surface area contributed by atoms with Crippen LogP contribution in [0.2, 0.25) is 0 Å². The number of piperidine rings is 1. The zero-order chi connectivity index (χ0) is 10.6. The molecule has 3 aliphatic rings. The molecule has 3 heteroatoms. The fourth-order valence-electron chi connectivity index (χ4n) is 3.64. The maximum atomic E-state index is 6.17. The molecule has 84 valence electrons. The second kappa shape index (κ2) is 2.98. The normalized spacial score (nSPS) is 39.8. The van der Waals surface area contributed by atoms with E-state index in [0.717, 1.165) is 12.2 Å². The van der Waals surface area contributed by atoms with Crippen molar-refractivity contribution in [2.24, 2.45) is 5.41 Å². The predicted molar refractivity (Wildman–Crippen MR) is 60.5 cm³/mol. The van der Waals surface area contributed by atoms with Gasteiger partial charge < -0.3 is 9.64 Å². The van der Waals surface area contributed by atoms with Crippen LogP contribution in [-0.2, 0) is 6.42 Å². The Labute approximate surface area is 95.4 Å². The average molecular weight is 216 g/mol. The van der Waals surface area contributed by atoms with Crippen molar-refractivity contribution >= 4 is 0 Å². The molecule has 16 heavy (non-hydrogen) atoms. The van der Waals surface area contributed by atoms with Crippen LogP contribution in [0.3, 0.4) is 0 Å². The molecule has 4 rings (SSSR count). The molecule has 3 aliphatic heterocycles. The summed E-state index contributed by atoms with van der Waals surface area (Å²) in [5.74, 6) is 1.03. The molecular formula is C13H16N2O. The zero-order valence-corrected chi connectivity index (χ0v) is 9.35. The van der Waals surface area contributed by atoms with Crippen LogP contribution < -0.4 is 4.74 Å². The molecule has 0 amide bonds. The lowest BCUT2D eigenvalue weighted by atomic mass is 9.73. The maximum Gasteiger partial charge on any atom is 0.141 e. The molecule has 2 fully saturated rings. The molecule has 0 aromatic carbocycles. The van der Waals surface area contributed by atoms with Crippen molar-refractivity contribution in [3.05, 3.63) is 24.0 Å². The highest BCUT2D eigenvalue weighted by atomic mass is 16.5. The Bertz CT molecular complexity index is 432. The van der Waals surface area contributed by atoms with Crippen LogP contribution in [0.4, 0.5) is 0 Å². The van der Waals surface area contributed by atoms with E-state index >= 15 is 0 Å². The van der Waals surface area contributed by atoms with Crippen molar-refractivity contribution in [1.82, 2.24) is 9.88 Å². The molecule has 4 heterocycles. The van der Waals surface area contributed by atoms with Crippen molar-refractivity contribution in [1.29, 1.82) is 0 Å². The summed E-state index contributed by atoms with van der Waals surface area (Å²) >= 11 is 0. The first-order valence-corrected chi connectivity index (χ1v) is 6.19. The Morgan fingerprint density at radius 2 is 2.44 bits per heavy atom. The van der Waals surface area contributed by atoms with Gasteiger partial charge in [0.2, 0.25) is 0 Å². The molecule has 3 atom stereocenters. The lowest BCUT2D eigenvalue weighted by Crippen LogP contribution is -2.50. The first kappa shape index (κ1) is 8.99. The van der Waals surface area contributed by atoms with Crippen LogP contribution in [0, 0.1) is 5.41 Å². The third-order valence-electron chi connectivity index (χ3n) is 4.49. The average Bonchev–Trinajstić information content (AvgIpc) is 2.64. The van der Waals surface area contributed by atoms with Crippen LogP contribution in [0.15, 0.2) is 18.3 Å². The molecule has 2 saturated heterocycles. The van der Waals surface area contributed by atoms with E-state index in [2.05, 4.69) is 16.0 Å². The summed E-state index contributed by atoms with van der Waals surface area (Å²) < 4.78 is 6.17. The largest absolute Gasteiger partial charge is 0.488 e. The van der Waals surface area contributed by atoms with E-state index in [4.69, 9.17) is 4.74 Å². The standard InChI is InChI=1S/C13H16N2O/c1-2-11-10(14-5-1)8-13-4-7-15(9-13)6-3-12(13)16-11/h1-2,5,12H,3-4,6-9H2/t12-,13+/m0/s1. The summed E-state index contributed by atoms with van der Waals surface area (Å²) in [5, 5.41) is 0. The Kier molecular flexibility index (Phi) is 1.67. The molecule has 0 radical (unpaired) electrons. The van der Waals surface area contributed by atoms with Crippen molar-refractivity contribution < 1.29 is 4.74 Å². The van der Waals surface area contributed by atoms with Gasteiger partial charge in [-0.25, -0.2) is 0 Å². The third kappa shape index (κ3) is 1.09. The van der Waals surface area contributed by atoms with E-state index in [-0.39, 0.29) is 0 Å². The van der Waals surface area contributed by atoms with Crippen molar-refractivity contribution in [3.63, 3.8) is 0 Å².